The van der Waals surface area contributed by atoms with Gasteiger partial charge < -0.3 is 15.0 Å². The average Bonchev–Trinajstić information content (AvgIpc) is 3.04. The lowest BCUT2D eigenvalue weighted by atomic mass is 10.1. The molecule has 1 fully saturated rings. The van der Waals surface area contributed by atoms with Crippen molar-refractivity contribution < 1.29 is 14.3 Å². The van der Waals surface area contributed by atoms with Gasteiger partial charge in [-0.3, -0.25) is 9.59 Å². The lowest BCUT2D eigenvalue weighted by molar-refractivity contribution is -0.129. The Morgan fingerprint density at radius 2 is 2.00 bits per heavy atom. The van der Waals surface area contributed by atoms with Crippen LogP contribution in [-0.4, -0.2) is 30.4 Å². The van der Waals surface area contributed by atoms with Gasteiger partial charge in [0.25, 0.3) is 0 Å². The van der Waals surface area contributed by atoms with Crippen LogP contribution >= 0.6 is 11.6 Å². The van der Waals surface area contributed by atoms with Crippen molar-refractivity contribution >= 4 is 29.1 Å². The van der Waals surface area contributed by atoms with E-state index in [0.29, 0.717) is 23.0 Å². The molecule has 2 atom stereocenters. The summed E-state index contributed by atoms with van der Waals surface area (Å²) in [5.41, 5.74) is 1.56. The van der Waals surface area contributed by atoms with E-state index >= 15 is 0 Å². The summed E-state index contributed by atoms with van der Waals surface area (Å²) < 4.78 is 5.25. The molecule has 0 spiro atoms. The number of methoxy groups -OCH3 is 1. The predicted molar refractivity (Wildman–Crippen MR) is 101 cm³/mol. The van der Waals surface area contributed by atoms with Crippen LogP contribution in [0.4, 0.5) is 5.69 Å². The van der Waals surface area contributed by atoms with E-state index in [2.05, 4.69) is 5.32 Å². The molecular formula is C20H21ClN2O3. The number of ether oxygens (including phenoxy) is 1. The van der Waals surface area contributed by atoms with Gasteiger partial charge in [0.05, 0.1) is 24.8 Å². The standard InChI is InChI=1S/C20H21ClN2O3/c1-13(14-6-4-3-5-7-14)23-12-15(10-19(23)24)20(25)22-17-11-16(21)8-9-18(17)26-2/h3-9,11,13,15H,10,12H2,1-2H3,(H,22,25)/t13-,15+/m0/s1. The fourth-order valence-corrected chi connectivity index (χ4v) is 3.38. The van der Waals surface area contributed by atoms with E-state index in [4.69, 9.17) is 16.3 Å². The second-order valence-corrected chi connectivity index (χ2v) is 6.80. The Kier molecular flexibility index (Phi) is 5.47. The van der Waals surface area contributed by atoms with Gasteiger partial charge in [0.2, 0.25) is 11.8 Å². The minimum atomic E-state index is -0.405. The number of likely N-dealkylation sites (tertiary alicyclic amines) is 1. The van der Waals surface area contributed by atoms with Crippen LogP contribution in [0.15, 0.2) is 48.5 Å². The van der Waals surface area contributed by atoms with Gasteiger partial charge in [-0.05, 0) is 30.7 Å². The van der Waals surface area contributed by atoms with Crippen molar-refractivity contribution in [3.8, 4) is 5.75 Å². The summed E-state index contributed by atoms with van der Waals surface area (Å²) >= 11 is 6.00. The summed E-state index contributed by atoms with van der Waals surface area (Å²) in [7, 11) is 1.53. The van der Waals surface area contributed by atoms with Crippen LogP contribution in [0, 0.1) is 5.92 Å². The van der Waals surface area contributed by atoms with Crippen molar-refractivity contribution in [2.24, 2.45) is 5.92 Å². The second-order valence-electron chi connectivity index (χ2n) is 6.37. The van der Waals surface area contributed by atoms with Crippen molar-refractivity contribution in [2.75, 3.05) is 19.0 Å². The molecule has 0 radical (unpaired) electrons. The molecule has 3 rings (SSSR count). The first kappa shape index (κ1) is 18.3. The van der Waals surface area contributed by atoms with Gasteiger partial charge in [-0.2, -0.15) is 0 Å². The summed E-state index contributed by atoms with van der Waals surface area (Å²) in [6.45, 7) is 2.37. The Bertz CT molecular complexity index is 810. The molecule has 0 bridgehead atoms. The minimum Gasteiger partial charge on any atom is -0.495 e. The molecule has 0 aliphatic carbocycles. The van der Waals surface area contributed by atoms with Gasteiger partial charge in [0.15, 0.2) is 0 Å². The maximum absolute atomic E-state index is 12.7. The molecular weight excluding hydrogens is 352 g/mol. The monoisotopic (exact) mass is 372 g/mol. The average molecular weight is 373 g/mol. The van der Waals surface area contributed by atoms with Crippen LogP contribution in [0.3, 0.4) is 0 Å². The number of halogens is 1. The van der Waals surface area contributed by atoms with Gasteiger partial charge in [-0.25, -0.2) is 0 Å². The van der Waals surface area contributed by atoms with E-state index < -0.39 is 5.92 Å². The number of nitrogens with one attached hydrogen (secondary N) is 1. The maximum Gasteiger partial charge on any atom is 0.229 e. The number of carbonyl (C=O) groups excluding carboxylic acids is 2. The van der Waals surface area contributed by atoms with E-state index in [0.717, 1.165) is 5.56 Å². The summed E-state index contributed by atoms with van der Waals surface area (Å²) in [6.07, 6.45) is 0.200. The number of carbonyl (C=O) groups is 2. The third kappa shape index (κ3) is 3.83. The third-order valence-electron chi connectivity index (χ3n) is 4.70. The van der Waals surface area contributed by atoms with E-state index in [1.54, 1.807) is 23.1 Å². The molecule has 0 unspecified atom stereocenters. The Morgan fingerprint density at radius 3 is 2.69 bits per heavy atom. The molecule has 0 aromatic heterocycles. The second kappa shape index (κ2) is 7.79. The van der Waals surface area contributed by atoms with Gasteiger partial charge in [0, 0.05) is 18.0 Å². The lowest BCUT2D eigenvalue weighted by Gasteiger charge is -2.25. The Morgan fingerprint density at radius 1 is 1.27 bits per heavy atom. The van der Waals surface area contributed by atoms with Crippen molar-refractivity contribution in [3.63, 3.8) is 0 Å². The number of hydrogen-bond donors (Lipinski definition) is 1. The number of hydrogen-bond acceptors (Lipinski definition) is 3. The van der Waals surface area contributed by atoms with E-state index in [1.165, 1.54) is 7.11 Å². The largest absolute Gasteiger partial charge is 0.495 e. The van der Waals surface area contributed by atoms with Gasteiger partial charge in [0.1, 0.15) is 5.75 Å². The van der Waals surface area contributed by atoms with Crippen molar-refractivity contribution in [2.45, 2.75) is 19.4 Å². The number of anilines is 1. The fraction of sp³-hybridized carbons (Fsp3) is 0.300. The topological polar surface area (TPSA) is 58.6 Å². The zero-order valence-electron chi connectivity index (χ0n) is 14.7. The van der Waals surface area contributed by atoms with E-state index in [1.807, 2.05) is 37.3 Å². The van der Waals surface area contributed by atoms with E-state index in [9.17, 15) is 9.59 Å². The molecule has 1 aliphatic rings. The normalized spacial score (nSPS) is 17.9. The molecule has 1 N–H and O–H groups in total. The van der Waals surface area contributed by atoms with Crippen molar-refractivity contribution in [1.82, 2.24) is 4.90 Å². The van der Waals surface area contributed by atoms with Crippen LogP contribution < -0.4 is 10.1 Å². The summed E-state index contributed by atoms with van der Waals surface area (Å²) in [4.78, 5) is 26.8. The highest BCUT2D eigenvalue weighted by Gasteiger charge is 2.37. The Labute approximate surface area is 157 Å². The Hall–Kier alpha value is -2.53. The molecule has 136 valence electrons. The van der Waals surface area contributed by atoms with Crippen LogP contribution in [0.1, 0.15) is 24.9 Å². The molecule has 6 heteroatoms. The van der Waals surface area contributed by atoms with Gasteiger partial charge >= 0.3 is 0 Å². The molecule has 1 saturated heterocycles. The zero-order chi connectivity index (χ0) is 18.7. The highest BCUT2D eigenvalue weighted by atomic mass is 35.5. The molecule has 2 aromatic carbocycles. The molecule has 1 heterocycles. The molecule has 26 heavy (non-hydrogen) atoms. The quantitative estimate of drug-likeness (QED) is 0.866. The van der Waals surface area contributed by atoms with E-state index in [-0.39, 0.29) is 24.3 Å². The number of nitrogens with zero attached hydrogens (tertiary/aromatic N) is 1. The fourth-order valence-electron chi connectivity index (χ4n) is 3.21. The molecule has 1 aliphatic heterocycles. The van der Waals surface area contributed by atoms with Crippen molar-refractivity contribution in [3.05, 3.63) is 59.1 Å². The first-order valence-electron chi connectivity index (χ1n) is 8.48. The summed E-state index contributed by atoms with van der Waals surface area (Å²) in [6, 6.07) is 14.8. The molecule has 2 amide bonds. The molecule has 0 saturated carbocycles. The minimum absolute atomic E-state index is 0.0143. The SMILES string of the molecule is COc1ccc(Cl)cc1NC(=O)[C@@H]1CC(=O)N([C@@H](C)c2ccccc2)C1. The summed E-state index contributed by atoms with van der Waals surface area (Å²) in [5, 5.41) is 3.34. The maximum atomic E-state index is 12.7. The molecule has 5 nitrogen and oxygen atoms in total. The molecule has 2 aromatic rings. The van der Waals surface area contributed by atoms with Crippen LogP contribution in [-0.2, 0) is 9.59 Å². The van der Waals surface area contributed by atoms with Crippen molar-refractivity contribution in [1.29, 1.82) is 0 Å². The van der Waals surface area contributed by atoms with Crippen LogP contribution in [0.2, 0.25) is 5.02 Å². The highest BCUT2D eigenvalue weighted by molar-refractivity contribution is 6.31. The number of rotatable bonds is 5. The number of benzene rings is 2. The van der Waals surface area contributed by atoms with Gasteiger partial charge in [-0.1, -0.05) is 41.9 Å². The Balaban J connectivity index is 1.70. The third-order valence-corrected chi connectivity index (χ3v) is 4.93. The predicted octanol–water partition coefficient (Wildman–Crippen LogP) is 3.90. The zero-order valence-corrected chi connectivity index (χ0v) is 15.5. The first-order chi connectivity index (χ1) is 12.5. The van der Waals surface area contributed by atoms with Crippen LogP contribution in [0.5, 0.6) is 5.75 Å². The summed E-state index contributed by atoms with van der Waals surface area (Å²) in [5.74, 6) is -0.0971. The van der Waals surface area contributed by atoms with Crippen LogP contribution in [0.25, 0.3) is 0 Å². The number of amides is 2. The first-order valence-corrected chi connectivity index (χ1v) is 8.86. The smallest absolute Gasteiger partial charge is 0.229 e. The lowest BCUT2D eigenvalue weighted by Crippen LogP contribution is -2.30. The highest BCUT2D eigenvalue weighted by Crippen LogP contribution is 2.31. The van der Waals surface area contributed by atoms with Gasteiger partial charge in [-0.15, -0.1) is 0 Å².